The van der Waals surface area contributed by atoms with Crippen molar-refractivity contribution in [2.75, 3.05) is 36.2 Å². The Balaban J connectivity index is 1.04. The summed E-state index contributed by atoms with van der Waals surface area (Å²) in [5, 5.41) is 17.5. The minimum absolute atomic E-state index is 0.141. The smallest absolute Gasteiger partial charge is 0.247 e. The first-order valence-electron chi connectivity index (χ1n) is 21.1. The summed E-state index contributed by atoms with van der Waals surface area (Å²) in [4.78, 5) is 84.4. The molecule has 4 fully saturated rings. The van der Waals surface area contributed by atoms with Gasteiger partial charge in [-0.05, 0) is 124 Å². The van der Waals surface area contributed by atoms with Crippen LogP contribution in [-0.2, 0) is 41.6 Å². The Morgan fingerprint density at radius 3 is 1.32 bits per heavy atom. The monoisotopic (exact) mass is 862 g/mol. The molecule has 4 saturated heterocycles. The van der Waals surface area contributed by atoms with Gasteiger partial charge in [0.15, 0.2) is 0 Å². The molecule has 0 radical (unpaired) electrons. The number of anilines is 2. The van der Waals surface area contributed by atoms with E-state index in [2.05, 4.69) is 31.9 Å². The molecule has 6 N–H and O–H groups in total. The molecule has 8 atom stereocenters. The number of likely N-dealkylation sites (N-methyl/N-ethyl adjacent to an activating group) is 2. The summed E-state index contributed by atoms with van der Waals surface area (Å²) in [7, 11) is 3.40. The summed E-state index contributed by atoms with van der Waals surface area (Å²) >= 11 is 3.34. The zero-order valence-electron chi connectivity index (χ0n) is 36.1. The SMILES string of the molecule is CN[C@@H](C)C(=O)N[C@H]1CCS[C@H]2CC(C)(C)[C@@H](C(=O)Nc3ccc(CCc4ccc(NC(=O)[C@H]5N6C(=O)[C@@H](NC(=O)[C@H](C)NC)CCS[C@@H]6CC5(C)C)cc4)cc3)N2C1=O. The normalized spacial score (nSPS) is 26.8. The van der Waals surface area contributed by atoms with Gasteiger partial charge in [-0.3, -0.25) is 28.8 Å². The van der Waals surface area contributed by atoms with E-state index >= 15 is 0 Å². The van der Waals surface area contributed by atoms with Crippen molar-refractivity contribution in [3.8, 4) is 0 Å². The zero-order valence-corrected chi connectivity index (χ0v) is 37.7. The molecule has 60 heavy (non-hydrogen) atoms. The average molecular weight is 863 g/mol. The number of nitrogens with one attached hydrogen (secondary N) is 6. The minimum Gasteiger partial charge on any atom is -0.343 e. The highest BCUT2D eigenvalue weighted by atomic mass is 32.2. The van der Waals surface area contributed by atoms with E-state index in [-0.39, 0.29) is 46.2 Å². The van der Waals surface area contributed by atoms with E-state index in [1.54, 1.807) is 61.3 Å². The lowest BCUT2D eigenvalue weighted by atomic mass is 9.84. The largest absolute Gasteiger partial charge is 0.343 e. The Hall–Kier alpha value is -4.12. The number of amides is 6. The van der Waals surface area contributed by atoms with Crippen molar-refractivity contribution < 1.29 is 28.8 Å². The summed E-state index contributed by atoms with van der Waals surface area (Å²) in [6, 6.07) is 11.9. The van der Waals surface area contributed by atoms with Gasteiger partial charge in [-0.15, -0.1) is 23.5 Å². The van der Waals surface area contributed by atoms with Gasteiger partial charge in [-0.1, -0.05) is 52.0 Å². The van der Waals surface area contributed by atoms with Crippen molar-refractivity contribution in [2.45, 2.75) is 127 Å². The highest BCUT2D eigenvalue weighted by Crippen LogP contribution is 2.48. The number of rotatable bonds is 13. The number of hydrogen-bond acceptors (Lipinski definition) is 10. The molecule has 16 heteroatoms. The van der Waals surface area contributed by atoms with E-state index in [0.717, 1.165) is 24.0 Å². The van der Waals surface area contributed by atoms with Gasteiger partial charge in [0.05, 0.1) is 22.8 Å². The fourth-order valence-electron chi connectivity index (χ4n) is 8.78. The van der Waals surface area contributed by atoms with E-state index < -0.39 is 47.1 Å². The Labute approximate surface area is 362 Å². The molecule has 0 unspecified atom stereocenters. The van der Waals surface area contributed by atoms with E-state index in [0.29, 0.717) is 48.6 Å². The second kappa shape index (κ2) is 18.9. The van der Waals surface area contributed by atoms with Crippen LogP contribution in [-0.4, -0.2) is 118 Å². The first-order valence-corrected chi connectivity index (χ1v) is 23.2. The summed E-state index contributed by atoms with van der Waals surface area (Å²) in [6.45, 7) is 11.6. The van der Waals surface area contributed by atoms with Crippen LogP contribution in [0.15, 0.2) is 48.5 Å². The molecule has 0 saturated carbocycles. The summed E-state index contributed by atoms with van der Waals surface area (Å²) in [5.41, 5.74) is 2.55. The summed E-state index contributed by atoms with van der Waals surface area (Å²) in [5.74, 6) is 0.0184. The van der Waals surface area contributed by atoms with Gasteiger partial charge in [0.1, 0.15) is 24.2 Å². The molecule has 0 aliphatic carbocycles. The third kappa shape index (κ3) is 9.98. The number of carbonyl (C=O) groups excluding carboxylic acids is 6. The molecule has 4 aliphatic rings. The van der Waals surface area contributed by atoms with Crippen LogP contribution in [0.25, 0.3) is 0 Å². The quantitative estimate of drug-likeness (QED) is 0.174. The Morgan fingerprint density at radius 2 is 0.983 bits per heavy atom. The van der Waals surface area contributed by atoms with Crippen molar-refractivity contribution in [2.24, 2.45) is 10.8 Å². The molecule has 326 valence electrons. The maximum Gasteiger partial charge on any atom is 0.247 e. The van der Waals surface area contributed by atoms with Crippen LogP contribution in [0.3, 0.4) is 0 Å². The van der Waals surface area contributed by atoms with Gasteiger partial charge in [0.25, 0.3) is 0 Å². The minimum atomic E-state index is -0.689. The molecule has 2 aromatic rings. The van der Waals surface area contributed by atoms with Gasteiger partial charge in [0, 0.05) is 11.4 Å². The Morgan fingerprint density at radius 1 is 0.633 bits per heavy atom. The van der Waals surface area contributed by atoms with Crippen molar-refractivity contribution in [3.63, 3.8) is 0 Å². The molecule has 14 nitrogen and oxygen atoms in total. The third-order valence-electron chi connectivity index (χ3n) is 12.5. The van der Waals surface area contributed by atoms with E-state index in [4.69, 9.17) is 0 Å². The standard InChI is InChI=1S/C44H62N8O6S2/c1-25(45-7)37(53)49-31-19-21-59-33-23-43(3,4)35(51(33)41(31)57)39(55)47-29-15-11-27(12-16-29)9-10-28-13-17-30(18-14-28)48-40(56)36-44(5,6)24-34-52(36)42(58)32(20-22-60-34)50-38(54)26(2)46-8/h11-18,25-26,31-36,45-46H,9-10,19-24H2,1-8H3,(H,47,55)(H,48,56)(H,49,53)(H,50,54)/t25-,26-,31-,32-,33-,34+,35+,36+/m0/s1. The number of carbonyl (C=O) groups is 6. The van der Waals surface area contributed by atoms with Gasteiger partial charge in [-0.2, -0.15) is 0 Å². The number of nitrogens with zero attached hydrogens (tertiary/aromatic N) is 2. The van der Waals surface area contributed by atoms with Crippen molar-refractivity contribution in [1.29, 1.82) is 0 Å². The molecule has 4 aliphatic heterocycles. The molecule has 4 heterocycles. The lowest BCUT2D eigenvalue weighted by molar-refractivity contribution is -0.142. The average Bonchev–Trinajstić information content (AvgIpc) is 3.53. The predicted molar refractivity (Wildman–Crippen MR) is 238 cm³/mol. The predicted octanol–water partition coefficient (Wildman–Crippen LogP) is 3.71. The first kappa shape index (κ1) is 45.4. The highest BCUT2D eigenvalue weighted by molar-refractivity contribution is 8.00. The van der Waals surface area contributed by atoms with E-state index in [1.165, 1.54) is 0 Å². The van der Waals surface area contributed by atoms with Gasteiger partial charge < -0.3 is 41.7 Å². The number of hydrogen-bond donors (Lipinski definition) is 6. The third-order valence-corrected chi connectivity index (χ3v) is 15.0. The number of aryl methyl sites for hydroxylation is 2. The Kier molecular flexibility index (Phi) is 14.3. The number of thioether (sulfide) groups is 2. The van der Waals surface area contributed by atoms with Crippen LogP contribution in [0.5, 0.6) is 0 Å². The van der Waals surface area contributed by atoms with E-state index in [1.807, 2.05) is 76.2 Å². The van der Waals surface area contributed by atoms with Crippen molar-refractivity contribution in [1.82, 2.24) is 31.1 Å². The Bertz CT molecular complexity index is 1790. The van der Waals surface area contributed by atoms with Crippen LogP contribution in [0.2, 0.25) is 0 Å². The van der Waals surface area contributed by atoms with Crippen LogP contribution < -0.4 is 31.9 Å². The summed E-state index contributed by atoms with van der Waals surface area (Å²) < 4.78 is 0. The second-order valence-electron chi connectivity index (χ2n) is 17.9. The highest BCUT2D eigenvalue weighted by Gasteiger charge is 2.56. The van der Waals surface area contributed by atoms with Crippen LogP contribution in [0.4, 0.5) is 11.4 Å². The second-order valence-corrected chi connectivity index (χ2v) is 20.5. The maximum atomic E-state index is 13.9. The molecule has 2 aromatic carbocycles. The first-order chi connectivity index (χ1) is 28.4. The lowest BCUT2D eigenvalue weighted by Crippen LogP contribution is -2.57. The van der Waals surface area contributed by atoms with Gasteiger partial charge in [-0.25, -0.2) is 0 Å². The molecule has 0 aromatic heterocycles. The number of fused-ring (bicyclic) bond motifs is 2. The lowest BCUT2D eigenvalue weighted by Gasteiger charge is -2.34. The van der Waals surface area contributed by atoms with Crippen molar-refractivity contribution in [3.05, 3.63) is 59.7 Å². The maximum absolute atomic E-state index is 13.9. The fourth-order valence-corrected chi connectivity index (χ4v) is 11.9. The van der Waals surface area contributed by atoms with Crippen LogP contribution >= 0.6 is 23.5 Å². The zero-order chi connectivity index (χ0) is 43.5. The number of benzene rings is 2. The van der Waals surface area contributed by atoms with Gasteiger partial charge in [0.2, 0.25) is 35.4 Å². The molecular weight excluding hydrogens is 801 g/mol. The molecule has 6 amide bonds. The van der Waals surface area contributed by atoms with Crippen molar-refractivity contribution >= 4 is 70.3 Å². The fraction of sp³-hybridized carbons (Fsp3) is 0.591. The van der Waals surface area contributed by atoms with Gasteiger partial charge >= 0.3 is 0 Å². The van der Waals surface area contributed by atoms with Crippen LogP contribution in [0, 0.1) is 10.8 Å². The molecule has 6 rings (SSSR count). The van der Waals surface area contributed by atoms with E-state index in [9.17, 15) is 28.8 Å². The molecule has 0 bridgehead atoms. The van der Waals surface area contributed by atoms with Crippen LogP contribution in [0.1, 0.15) is 78.4 Å². The summed E-state index contributed by atoms with van der Waals surface area (Å²) in [6.07, 6.45) is 3.90. The topological polar surface area (TPSA) is 181 Å². The molecular formula is C44H62N8O6S2. The molecule has 0 spiro atoms.